The number of hydrogen-bond acceptors (Lipinski definition) is 3. The molecule has 0 unspecified atom stereocenters. The molecule has 2 N–H and O–H groups in total. The molecule has 5 nitrogen and oxygen atoms in total. The predicted molar refractivity (Wildman–Crippen MR) is 129 cm³/mol. The fourth-order valence-electron chi connectivity index (χ4n) is 5.03. The highest BCUT2D eigenvalue weighted by Gasteiger charge is 2.30. The Balaban J connectivity index is 1.33. The van der Waals surface area contributed by atoms with E-state index in [9.17, 15) is 22.8 Å². The van der Waals surface area contributed by atoms with E-state index in [0.29, 0.717) is 24.2 Å². The number of benzene rings is 2. The summed E-state index contributed by atoms with van der Waals surface area (Å²) in [5.74, 6) is -0.00807. The summed E-state index contributed by atoms with van der Waals surface area (Å²) in [4.78, 5) is 27.7. The van der Waals surface area contributed by atoms with Crippen molar-refractivity contribution in [2.24, 2.45) is 5.92 Å². The smallest absolute Gasteiger partial charge is 0.371 e. The van der Waals surface area contributed by atoms with Crippen LogP contribution in [0, 0.1) is 5.92 Å². The van der Waals surface area contributed by atoms with Gasteiger partial charge in [-0.15, -0.1) is 0 Å². The molecule has 2 fully saturated rings. The molecule has 4 rings (SSSR count). The predicted octanol–water partition coefficient (Wildman–Crippen LogP) is 5.30. The lowest BCUT2D eigenvalue weighted by Gasteiger charge is -2.35. The van der Waals surface area contributed by atoms with Crippen molar-refractivity contribution in [2.75, 3.05) is 18.0 Å². The van der Waals surface area contributed by atoms with Gasteiger partial charge in [-0.2, -0.15) is 13.2 Å². The van der Waals surface area contributed by atoms with E-state index in [1.165, 1.54) is 12.5 Å². The topological polar surface area (TPSA) is 61.4 Å². The maximum Gasteiger partial charge on any atom is 0.416 e. The van der Waals surface area contributed by atoms with Gasteiger partial charge in [0, 0.05) is 37.3 Å². The first kappa shape index (κ1) is 25.1. The number of rotatable bonds is 6. The molecule has 0 aromatic heterocycles. The van der Waals surface area contributed by atoms with E-state index in [-0.39, 0.29) is 30.3 Å². The number of piperidine rings is 1. The number of alkyl halides is 3. The lowest BCUT2D eigenvalue weighted by Crippen LogP contribution is -2.47. The normalized spacial score (nSPS) is 17.7. The second-order valence-corrected chi connectivity index (χ2v) is 9.50. The molecule has 35 heavy (non-hydrogen) atoms. The van der Waals surface area contributed by atoms with Gasteiger partial charge in [0.15, 0.2) is 0 Å². The molecule has 1 aliphatic carbocycles. The lowest BCUT2D eigenvalue weighted by molar-refractivity contribution is -0.137. The molecule has 2 aromatic rings. The summed E-state index contributed by atoms with van der Waals surface area (Å²) < 4.78 is 38.9. The molecular formula is C27H32F3N3O2. The molecule has 1 heterocycles. The molecule has 188 valence electrons. The zero-order valence-corrected chi connectivity index (χ0v) is 19.7. The Kier molecular flexibility index (Phi) is 7.98. The summed E-state index contributed by atoms with van der Waals surface area (Å²) >= 11 is 0. The van der Waals surface area contributed by atoms with Gasteiger partial charge in [0.05, 0.1) is 11.1 Å². The molecular weight excluding hydrogens is 455 g/mol. The molecule has 0 spiro atoms. The molecule has 2 amide bonds. The van der Waals surface area contributed by atoms with Gasteiger partial charge >= 0.3 is 6.18 Å². The Morgan fingerprint density at radius 1 is 0.914 bits per heavy atom. The van der Waals surface area contributed by atoms with Crippen LogP contribution in [0.2, 0.25) is 0 Å². The second-order valence-electron chi connectivity index (χ2n) is 9.50. The third-order valence-corrected chi connectivity index (χ3v) is 7.01. The SMILES string of the molecule is O=C(NCc1cccc(C(F)(F)F)c1)c1ccccc1N1CCC(NC(=O)C2CCCCC2)CC1. The fraction of sp³-hybridized carbons (Fsp3) is 0.481. The number of hydrogen-bond donors (Lipinski definition) is 2. The Labute approximate surface area is 204 Å². The summed E-state index contributed by atoms with van der Waals surface area (Å²) in [7, 11) is 0. The zero-order chi connectivity index (χ0) is 24.8. The minimum absolute atomic E-state index is 0.00631. The van der Waals surface area contributed by atoms with Gasteiger partial charge in [-0.3, -0.25) is 9.59 Å². The summed E-state index contributed by atoms with van der Waals surface area (Å²) in [6.45, 7) is 1.44. The minimum Gasteiger partial charge on any atom is -0.371 e. The van der Waals surface area contributed by atoms with Crippen molar-refractivity contribution >= 4 is 17.5 Å². The van der Waals surface area contributed by atoms with Gasteiger partial charge in [-0.25, -0.2) is 0 Å². The molecule has 0 bridgehead atoms. The summed E-state index contributed by atoms with van der Waals surface area (Å²) in [5, 5.41) is 5.98. The van der Waals surface area contributed by atoms with Crippen LogP contribution in [0.4, 0.5) is 18.9 Å². The van der Waals surface area contributed by atoms with E-state index in [1.807, 2.05) is 12.1 Å². The summed E-state index contributed by atoms with van der Waals surface area (Å²) in [6.07, 6.45) is 2.62. The number of nitrogens with one attached hydrogen (secondary N) is 2. The first-order chi connectivity index (χ1) is 16.8. The average Bonchev–Trinajstić information content (AvgIpc) is 2.88. The van der Waals surface area contributed by atoms with Crippen LogP contribution in [0.15, 0.2) is 48.5 Å². The molecule has 1 aliphatic heterocycles. The molecule has 1 saturated heterocycles. The molecule has 2 aliphatic rings. The van der Waals surface area contributed by atoms with Crippen LogP contribution in [0.25, 0.3) is 0 Å². The zero-order valence-electron chi connectivity index (χ0n) is 19.7. The van der Waals surface area contributed by atoms with Crippen LogP contribution in [-0.4, -0.2) is 30.9 Å². The lowest BCUT2D eigenvalue weighted by atomic mass is 9.88. The van der Waals surface area contributed by atoms with Crippen molar-refractivity contribution in [1.29, 1.82) is 0 Å². The third kappa shape index (κ3) is 6.55. The van der Waals surface area contributed by atoms with Crippen LogP contribution >= 0.6 is 0 Å². The monoisotopic (exact) mass is 487 g/mol. The van der Waals surface area contributed by atoms with E-state index in [1.54, 1.807) is 18.2 Å². The molecule has 2 aromatic carbocycles. The van der Waals surface area contributed by atoms with E-state index in [0.717, 1.165) is 56.3 Å². The quantitative estimate of drug-likeness (QED) is 0.581. The Morgan fingerprint density at radius 3 is 2.34 bits per heavy atom. The van der Waals surface area contributed by atoms with Gasteiger partial charge in [-0.1, -0.05) is 43.5 Å². The second kappa shape index (κ2) is 11.1. The van der Waals surface area contributed by atoms with E-state index >= 15 is 0 Å². The average molecular weight is 488 g/mol. The fourth-order valence-corrected chi connectivity index (χ4v) is 5.03. The van der Waals surface area contributed by atoms with Crippen LogP contribution in [0.1, 0.15) is 66.4 Å². The summed E-state index contributed by atoms with van der Waals surface area (Å²) in [5.41, 5.74) is 0.943. The highest BCUT2D eigenvalue weighted by atomic mass is 19.4. The first-order valence-corrected chi connectivity index (χ1v) is 12.4. The van der Waals surface area contributed by atoms with Crippen molar-refractivity contribution in [3.05, 3.63) is 65.2 Å². The summed E-state index contributed by atoms with van der Waals surface area (Å²) in [6, 6.07) is 12.4. The maximum atomic E-state index is 13.0. The molecule has 0 radical (unpaired) electrons. The number of anilines is 1. The first-order valence-electron chi connectivity index (χ1n) is 12.4. The van der Waals surface area contributed by atoms with Crippen LogP contribution in [-0.2, 0) is 17.5 Å². The van der Waals surface area contributed by atoms with Gasteiger partial charge in [0.1, 0.15) is 0 Å². The number of carbonyl (C=O) groups excluding carboxylic acids is 2. The van der Waals surface area contributed by atoms with Crippen molar-refractivity contribution in [3.63, 3.8) is 0 Å². The highest BCUT2D eigenvalue weighted by molar-refractivity contribution is 5.99. The molecule has 0 atom stereocenters. The van der Waals surface area contributed by atoms with Gasteiger partial charge in [0.25, 0.3) is 5.91 Å². The van der Waals surface area contributed by atoms with Crippen molar-refractivity contribution in [2.45, 2.75) is 63.7 Å². The number of amides is 2. The molecule has 8 heteroatoms. The van der Waals surface area contributed by atoms with Gasteiger partial charge in [0.2, 0.25) is 5.91 Å². The number of carbonyl (C=O) groups is 2. The maximum absolute atomic E-state index is 13.0. The van der Waals surface area contributed by atoms with E-state index in [4.69, 9.17) is 0 Å². The minimum atomic E-state index is -4.42. The third-order valence-electron chi connectivity index (χ3n) is 7.01. The van der Waals surface area contributed by atoms with Crippen LogP contribution < -0.4 is 15.5 Å². The van der Waals surface area contributed by atoms with Crippen LogP contribution in [0.5, 0.6) is 0 Å². The van der Waals surface area contributed by atoms with Crippen molar-refractivity contribution in [1.82, 2.24) is 10.6 Å². The Hall–Kier alpha value is -3.03. The number of nitrogens with zero attached hydrogens (tertiary/aromatic N) is 1. The van der Waals surface area contributed by atoms with Gasteiger partial charge < -0.3 is 15.5 Å². The van der Waals surface area contributed by atoms with Crippen molar-refractivity contribution in [3.8, 4) is 0 Å². The van der Waals surface area contributed by atoms with E-state index in [2.05, 4.69) is 15.5 Å². The van der Waals surface area contributed by atoms with Crippen LogP contribution in [0.3, 0.4) is 0 Å². The van der Waals surface area contributed by atoms with Crippen molar-refractivity contribution < 1.29 is 22.8 Å². The number of para-hydroxylation sites is 1. The highest BCUT2D eigenvalue weighted by Crippen LogP contribution is 2.30. The Morgan fingerprint density at radius 2 is 1.63 bits per heavy atom. The Bertz CT molecular complexity index is 1030. The number of halogens is 3. The largest absolute Gasteiger partial charge is 0.416 e. The molecule has 1 saturated carbocycles. The van der Waals surface area contributed by atoms with E-state index < -0.39 is 11.7 Å². The van der Waals surface area contributed by atoms with Gasteiger partial charge in [-0.05, 0) is 55.5 Å². The standard InChI is InChI=1S/C27H32F3N3O2/c28-27(29,30)21-10-6-7-19(17-21)18-31-26(35)23-11-4-5-12-24(23)33-15-13-22(14-16-33)32-25(34)20-8-2-1-3-9-20/h4-7,10-12,17,20,22H,1-3,8-9,13-16,18H2,(H,31,35)(H,32,34).